The Kier molecular flexibility index (Phi) is 4.47. The molecule has 0 spiro atoms. The molecule has 4 atom stereocenters. The number of aromatic nitrogens is 1. The van der Waals surface area contributed by atoms with Crippen LogP contribution in [0.15, 0.2) is 36.4 Å². The molecule has 1 fully saturated rings. The number of urea groups is 1. The van der Waals surface area contributed by atoms with Crippen molar-refractivity contribution in [2.45, 2.75) is 44.6 Å². The van der Waals surface area contributed by atoms with E-state index >= 15 is 0 Å². The van der Waals surface area contributed by atoms with Crippen LogP contribution < -0.4 is 10.6 Å². The van der Waals surface area contributed by atoms with Crippen LogP contribution in [0, 0.1) is 17.7 Å². The average molecular weight is 426 g/mol. The van der Waals surface area contributed by atoms with Crippen molar-refractivity contribution in [1.29, 1.82) is 0 Å². The van der Waals surface area contributed by atoms with Crippen LogP contribution in [-0.4, -0.2) is 22.2 Å². The summed E-state index contributed by atoms with van der Waals surface area (Å²) in [6.45, 7) is 4.44. The number of anilines is 1. The first-order chi connectivity index (χ1) is 14.3. The zero-order chi connectivity index (χ0) is 21.0. The summed E-state index contributed by atoms with van der Waals surface area (Å²) < 4.78 is 14.2. The summed E-state index contributed by atoms with van der Waals surface area (Å²) in [7, 11) is 0. The summed E-state index contributed by atoms with van der Waals surface area (Å²) in [6.07, 6.45) is 2.93. The Morgan fingerprint density at radius 1 is 1.30 bits per heavy atom. The minimum Gasteiger partial charge on any atom is -0.508 e. The van der Waals surface area contributed by atoms with Gasteiger partial charge in [-0.15, -0.1) is 0 Å². The monoisotopic (exact) mass is 425 g/mol. The number of nitrogens with one attached hydrogen (secondary N) is 2. The number of carbonyl (C=O) groups excluding carboxylic acids is 1. The summed E-state index contributed by atoms with van der Waals surface area (Å²) >= 11 is 1.33. The molecule has 156 valence electrons. The number of thiazole rings is 1. The third kappa shape index (κ3) is 3.12. The number of phenols is 1. The number of hydrogen-bond donors (Lipinski definition) is 3. The minimum atomic E-state index is -0.345. The molecule has 2 aliphatic rings. The molecule has 0 radical (unpaired) electrons. The van der Waals surface area contributed by atoms with Crippen molar-refractivity contribution in [2.24, 2.45) is 11.8 Å². The van der Waals surface area contributed by atoms with Gasteiger partial charge in [-0.05, 0) is 66.5 Å². The van der Waals surface area contributed by atoms with Gasteiger partial charge in [-0.1, -0.05) is 31.3 Å². The molecule has 3 aromatic rings. The Morgan fingerprint density at radius 2 is 2.13 bits per heavy atom. The van der Waals surface area contributed by atoms with Gasteiger partial charge >= 0.3 is 6.03 Å². The largest absolute Gasteiger partial charge is 0.508 e. The lowest BCUT2D eigenvalue weighted by molar-refractivity contribution is 0.0995. The zero-order valence-electron chi connectivity index (χ0n) is 16.9. The molecule has 1 aromatic heterocycles. The molecule has 0 saturated heterocycles. The van der Waals surface area contributed by atoms with Crippen LogP contribution in [0.5, 0.6) is 5.75 Å². The van der Waals surface area contributed by atoms with E-state index in [1.54, 1.807) is 12.1 Å². The fraction of sp³-hybridized carbons (Fsp3) is 0.391. The van der Waals surface area contributed by atoms with E-state index in [0.29, 0.717) is 22.5 Å². The maximum atomic E-state index is 13.4. The lowest BCUT2D eigenvalue weighted by atomic mass is 9.54. The molecular formula is C23H24FN3O2S. The van der Waals surface area contributed by atoms with Crippen LogP contribution in [0.4, 0.5) is 14.3 Å². The number of aromatic hydroxyl groups is 1. The first-order valence-corrected chi connectivity index (χ1v) is 11.1. The van der Waals surface area contributed by atoms with Gasteiger partial charge in [-0.25, -0.2) is 14.2 Å². The maximum absolute atomic E-state index is 13.4. The Labute approximate surface area is 178 Å². The number of benzene rings is 2. The van der Waals surface area contributed by atoms with Gasteiger partial charge in [0.2, 0.25) is 0 Å². The SMILES string of the molecule is CC1CC[C@]2(C)c3cc(O)ccc3C[C@@H]1[C@@H]2NC(=O)Nc1nc2cc(F)ccc2s1. The van der Waals surface area contributed by atoms with E-state index in [4.69, 9.17) is 0 Å². The highest BCUT2D eigenvalue weighted by molar-refractivity contribution is 7.22. The van der Waals surface area contributed by atoms with E-state index in [1.165, 1.54) is 29.0 Å². The predicted molar refractivity (Wildman–Crippen MR) is 117 cm³/mol. The fourth-order valence-corrected chi connectivity index (χ4v) is 6.18. The second-order valence-corrected chi connectivity index (χ2v) is 9.88. The number of nitrogens with zero attached hydrogens (tertiary/aromatic N) is 1. The smallest absolute Gasteiger partial charge is 0.321 e. The number of rotatable bonds is 2. The normalized spacial score (nSPS) is 27.5. The zero-order valence-corrected chi connectivity index (χ0v) is 17.7. The molecule has 5 rings (SSSR count). The minimum absolute atomic E-state index is 0.0395. The lowest BCUT2D eigenvalue weighted by Crippen LogP contribution is -2.61. The van der Waals surface area contributed by atoms with Gasteiger partial charge in [0.15, 0.2) is 5.13 Å². The van der Waals surface area contributed by atoms with Crippen molar-refractivity contribution in [2.75, 3.05) is 5.32 Å². The third-order valence-corrected chi connectivity index (χ3v) is 7.94. The number of phenolic OH excluding ortho intramolecular Hbond substituents is 1. The molecule has 2 bridgehead atoms. The summed E-state index contributed by atoms with van der Waals surface area (Å²) in [4.78, 5) is 17.2. The van der Waals surface area contributed by atoms with Gasteiger partial charge in [0, 0.05) is 17.5 Å². The Balaban J connectivity index is 1.41. The quantitative estimate of drug-likeness (QED) is 0.529. The number of hydrogen-bond acceptors (Lipinski definition) is 4. The van der Waals surface area contributed by atoms with Crippen LogP contribution in [0.25, 0.3) is 10.2 Å². The van der Waals surface area contributed by atoms with Crippen LogP contribution >= 0.6 is 11.3 Å². The van der Waals surface area contributed by atoms with Gasteiger partial charge in [-0.2, -0.15) is 0 Å². The molecule has 2 aromatic carbocycles. The van der Waals surface area contributed by atoms with E-state index in [9.17, 15) is 14.3 Å². The topological polar surface area (TPSA) is 74.2 Å². The maximum Gasteiger partial charge on any atom is 0.321 e. The highest BCUT2D eigenvalue weighted by atomic mass is 32.1. The Bertz CT molecular complexity index is 1150. The van der Waals surface area contributed by atoms with Gasteiger partial charge < -0.3 is 10.4 Å². The van der Waals surface area contributed by atoms with Gasteiger partial charge in [0.05, 0.1) is 10.2 Å². The van der Waals surface area contributed by atoms with Crippen molar-refractivity contribution in [1.82, 2.24) is 10.3 Å². The first-order valence-electron chi connectivity index (χ1n) is 10.3. The summed E-state index contributed by atoms with van der Waals surface area (Å²) in [6, 6.07) is 9.72. The summed E-state index contributed by atoms with van der Waals surface area (Å²) in [5.41, 5.74) is 2.69. The van der Waals surface area contributed by atoms with Crippen molar-refractivity contribution in [3.63, 3.8) is 0 Å². The van der Waals surface area contributed by atoms with Crippen molar-refractivity contribution in [3.05, 3.63) is 53.3 Å². The fourth-order valence-electron chi connectivity index (χ4n) is 5.34. The van der Waals surface area contributed by atoms with Crippen molar-refractivity contribution < 1.29 is 14.3 Å². The van der Waals surface area contributed by atoms with Crippen molar-refractivity contribution in [3.8, 4) is 5.75 Å². The molecule has 1 unspecified atom stereocenters. The molecule has 2 aliphatic carbocycles. The summed E-state index contributed by atoms with van der Waals surface area (Å²) in [5.74, 6) is 0.742. The number of halogens is 1. The highest BCUT2D eigenvalue weighted by Crippen LogP contribution is 2.51. The molecular weight excluding hydrogens is 401 g/mol. The second kappa shape index (κ2) is 6.94. The van der Waals surface area contributed by atoms with Crippen LogP contribution in [0.2, 0.25) is 0 Å². The third-order valence-electron chi connectivity index (χ3n) is 6.99. The van der Waals surface area contributed by atoms with Crippen LogP contribution in [0.1, 0.15) is 37.8 Å². The summed E-state index contributed by atoms with van der Waals surface area (Å²) in [5, 5.41) is 16.6. The number of fused-ring (bicyclic) bond motifs is 5. The van der Waals surface area contributed by atoms with Gasteiger partial charge in [0.25, 0.3) is 0 Å². The average Bonchev–Trinajstić information content (AvgIpc) is 3.09. The molecule has 0 aliphatic heterocycles. The van der Waals surface area contributed by atoms with Crippen LogP contribution in [-0.2, 0) is 11.8 Å². The van der Waals surface area contributed by atoms with E-state index in [2.05, 4.69) is 29.5 Å². The lowest BCUT2D eigenvalue weighted by Gasteiger charge is -2.53. The standard InChI is InChI=1S/C23H24FN3O2S/c1-12-7-8-23(2)17-11-15(28)5-3-13(17)9-16(12)20(23)26-21(29)27-22-25-18-10-14(24)4-6-19(18)30-22/h3-6,10-12,16,20,28H,7-9H2,1-2H3,(H2,25,26,27,29)/t12?,16-,20-,23+/m0/s1. The van der Waals surface area contributed by atoms with Gasteiger partial charge in [-0.3, -0.25) is 5.32 Å². The Morgan fingerprint density at radius 3 is 2.97 bits per heavy atom. The second-order valence-electron chi connectivity index (χ2n) is 8.85. The van der Waals surface area contributed by atoms with Crippen LogP contribution in [0.3, 0.4) is 0 Å². The van der Waals surface area contributed by atoms with E-state index in [0.717, 1.165) is 29.5 Å². The predicted octanol–water partition coefficient (Wildman–Crippen LogP) is 5.19. The first kappa shape index (κ1) is 19.3. The van der Waals surface area contributed by atoms with E-state index < -0.39 is 0 Å². The molecule has 3 N–H and O–H groups in total. The molecule has 1 heterocycles. The van der Waals surface area contributed by atoms with Crippen molar-refractivity contribution >= 4 is 32.7 Å². The van der Waals surface area contributed by atoms with Gasteiger partial charge in [0.1, 0.15) is 11.6 Å². The molecule has 5 nitrogen and oxygen atoms in total. The van der Waals surface area contributed by atoms with E-state index in [1.807, 2.05) is 12.1 Å². The molecule has 2 amide bonds. The Hall–Kier alpha value is -2.67. The molecule has 1 saturated carbocycles. The number of amides is 2. The number of carbonyl (C=O) groups is 1. The highest BCUT2D eigenvalue weighted by Gasteiger charge is 2.51. The molecule has 30 heavy (non-hydrogen) atoms. The molecule has 7 heteroatoms. The van der Waals surface area contributed by atoms with E-state index in [-0.39, 0.29) is 29.1 Å².